The average molecular weight is 422 g/mol. The molecule has 0 fully saturated rings. The number of nitrogens with zero attached hydrogens (tertiary/aromatic N) is 1. The van der Waals surface area contributed by atoms with Crippen molar-refractivity contribution in [3.05, 3.63) is 34.9 Å². The zero-order valence-corrected chi connectivity index (χ0v) is 19.7. The minimum absolute atomic E-state index is 0.384. The molecule has 0 aliphatic rings. The highest BCUT2D eigenvalue weighted by Gasteiger charge is 2.43. The van der Waals surface area contributed by atoms with Gasteiger partial charge >= 0.3 is 18.0 Å². The van der Waals surface area contributed by atoms with E-state index < -0.39 is 40.7 Å². The van der Waals surface area contributed by atoms with E-state index in [0.717, 1.165) is 10.5 Å². The van der Waals surface area contributed by atoms with Crippen molar-refractivity contribution in [1.29, 1.82) is 0 Å². The van der Waals surface area contributed by atoms with Crippen LogP contribution in [0.2, 0.25) is 0 Å². The molecule has 0 bridgehead atoms. The van der Waals surface area contributed by atoms with Crippen LogP contribution in [-0.4, -0.2) is 52.3 Å². The number of carboxylic acid groups (broad SMARTS) is 1. The van der Waals surface area contributed by atoms with E-state index in [1.54, 1.807) is 80.5 Å². The lowest BCUT2D eigenvalue weighted by Gasteiger charge is -2.39. The Morgan fingerprint density at radius 1 is 0.933 bits per heavy atom. The molecular weight excluding hydrogens is 386 g/mol. The van der Waals surface area contributed by atoms with E-state index in [1.807, 2.05) is 0 Å². The third kappa shape index (κ3) is 6.47. The Morgan fingerprint density at radius 2 is 1.43 bits per heavy atom. The fourth-order valence-electron chi connectivity index (χ4n) is 3.40. The monoisotopic (exact) mass is 421 g/mol. The van der Waals surface area contributed by atoms with Gasteiger partial charge < -0.3 is 14.6 Å². The molecule has 0 heterocycles. The van der Waals surface area contributed by atoms with Crippen LogP contribution in [0.15, 0.2) is 18.2 Å². The van der Waals surface area contributed by atoms with Crippen LogP contribution in [0.25, 0.3) is 0 Å². The largest absolute Gasteiger partial charge is 0.480 e. The number of ether oxygens (including phenoxy) is 2. The molecule has 7 heteroatoms. The Hall–Kier alpha value is -2.57. The Morgan fingerprint density at radius 3 is 1.83 bits per heavy atom. The van der Waals surface area contributed by atoms with Crippen molar-refractivity contribution in [1.82, 2.24) is 4.90 Å². The maximum Gasteiger partial charge on any atom is 0.410 e. The van der Waals surface area contributed by atoms with Gasteiger partial charge in [0.15, 0.2) is 0 Å². The average Bonchev–Trinajstić information content (AvgIpc) is 2.50. The fourth-order valence-corrected chi connectivity index (χ4v) is 3.40. The molecule has 0 aliphatic carbocycles. The van der Waals surface area contributed by atoms with Crippen LogP contribution in [0.3, 0.4) is 0 Å². The number of hydrogen-bond donors (Lipinski definition) is 1. The van der Waals surface area contributed by atoms with Gasteiger partial charge in [-0.15, -0.1) is 0 Å². The van der Waals surface area contributed by atoms with Crippen LogP contribution >= 0.6 is 0 Å². The molecule has 0 saturated carbocycles. The minimum Gasteiger partial charge on any atom is -0.480 e. The van der Waals surface area contributed by atoms with Crippen molar-refractivity contribution in [2.75, 3.05) is 7.05 Å². The first-order valence-corrected chi connectivity index (χ1v) is 9.90. The van der Waals surface area contributed by atoms with Crippen LogP contribution in [-0.2, 0) is 19.7 Å². The van der Waals surface area contributed by atoms with Crippen LogP contribution in [0, 0.1) is 6.92 Å². The number of hydrogen-bond acceptors (Lipinski definition) is 5. The maximum absolute atomic E-state index is 12.5. The van der Waals surface area contributed by atoms with Gasteiger partial charge in [0.25, 0.3) is 0 Å². The van der Waals surface area contributed by atoms with E-state index in [4.69, 9.17) is 9.47 Å². The summed E-state index contributed by atoms with van der Waals surface area (Å²) in [7, 11) is 1.42. The Bertz CT molecular complexity index is 814. The lowest BCUT2D eigenvalue weighted by molar-refractivity contribution is -0.145. The fraction of sp³-hybridized carbons (Fsp3) is 0.609. The highest BCUT2D eigenvalue weighted by molar-refractivity contribution is 5.90. The molecule has 1 atom stereocenters. The van der Waals surface area contributed by atoms with E-state index in [0.29, 0.717) is 11.1 Å². The molecule has 1 amide bonds. The van der Waals surface area contributed by atoms with Gasteiger partial charge in [-0.1, -0.05) is 19.9 Å². The van der Waals surface area contributed by atoms with Gasteiger partial charge in [-0.3, -0.25) is 4.90 Å². The van der Waals surface area contributed by atoms with E-state index in [9.17, 15) is 19.5 Å². The van der Waals surface area contributed by atoms with Gasteiger partial charge in [0.2, 0.25) is 0 Å². The Balaban J connectivity index is 3.30. The van der Waals surface area contributed by atoms with Crippen LogP contribution < -0.4 is 0 Å². The summed E-state index contributed by atoms with van der Waals surface area (Å²) in [5.41, 5.74) is -0.510. The zero-order valence-electron chi connectivity index (χ0n) is 19.7. The van der Waals surface area contributed by atoms with Gasteiger partial charge in [-0.05, 0) is 71.7 Å². The van der Waals surface area contributed by atoms with E-state index >= 15 is 0 Å². The van der Waals surface area contributed by atoms with Crippen LogP contribution in [0.1, 0.15) is 76.9 Å². The molecule has 1 unspecified atom stereocenters. The number of carbonyl (C=O) groups excluding carboxylic acids is 2. The maximum atomic E-state index is 12.5. The van der Waals surface area contributed by atoms with Crippen molar-refractivity contribution in [2.45, 2.75) is 85.0 Å². The standard InChI is InChI=1S/C23H35NO6/c1-14-13-15(19(27)29-21(2,3)4)11-12-16(14)23(8,9)17(18(25)26)24(10)20(28)30-22(5,6)7/h11-13,17H,1-10H3,(H,25,26). The molecule has 7 nitrogen and oxygen atoms in total. The van der Waals surface area contributed by atoms with Gasteiger partial charge in [0.1, 0.15) is 17.2 Å². The third-order valence-electron chi connectivity index (χ3n) is 4.54. The summed E-state index contributed by atoms with van der Waals surface area (Å²) in [5, 5.41) is 9.93. The number of benzene rings is 1. The number of aryl methyl sites for hydroxylation is 1. The number of aliphatic carboxylic acids is 1. The van der Waals surface area contributed by atoms with Crippen LogP contribution in [0.4, 0.5) is 4.79 Å². The van der Waals surface area contributed by atoms with Crippen molar-refractivity contribution < 1.29 is 29.0 Å². The van der Waals surface area contributed by atoms with Gasteiger partial charge in [0, 0.05) is 12.5 Å². The predicted octanol–water partition coefficient (Wildman–Crippen LogP) is 4.55. The molecule has 0 radical (unpaired) electrons. The number of esters is 1. The summed E-state index contributed by atoms with van der Waals surface area (Å²) < 4.78 is 10.8. The summed E-state index contributed by atoms with van der Waals surface area (Å²) in [6, 6.07) is 3.83. The zero-order chi connectivity index (χ0) is 23.7. The summed E-state index contributed by atoms with van der Waals surface area (Å²) >= 11 is 0. The van der Waals surface area contributed by atoms with Gasteiger partial charge in [0.05, 0.1) is 5.56 Å². The number of likely N-dealkylation sites (N-methyl/N-ethyl adjacent to an activating group) is 1. The molecule has 1 N–H and O–H groups in total. The topological polar surface area (TPSA) is 93.1 Å². The lowest BCUT2D eigenvalue weighted by atomic mass is 9.75. The minimum atomic E-state index is -1.18. The molecule has 1 aromatic rings. The SMILES string of the molecule is Cc1cc(C(=O)OC(C)(C)C)ccc1C(C)(C)C(C(=O)O)N(C)C(=O)OC(C)(C)C. The first-order valence-electron chi connectivity index (χ1n) is 9.90. The highest BCUT2D eigenvalue weighted by atomic mass is 16.6. The predicted molar refractivity (Wildman–Crippen MR) is 115 cm³/mol. The quantitative estimate of drug-likeness (QED) is 0.701. The molecule has 0 spiro atoms. The van der Waals surface area contributed by atoms with E-state index in [2.05, 4.69) is 0 Å². The third-order valence-corrected chi connectivity index (χ3v) is 4.54. The summed E-state index contributed by atoms with van der Waals surface area (Å²) in [6.45, 7) is 15.8. The number of carbonyl (C=O) groups is 3. The molecule has 0 saturated heterocycles. The summed E-state index contributed by atoms with van der Waals surface area (Å²) in [4.78, 5) is 38.1. The molecular formula is C23H35NO6. The molecule has 0 aliphatic heterocycles. The van der Waals surface area contributed by atoms with E-state index in [1.165, 1.54) is 7.05 Å². The second-order valence-corrected chi connectivity index (χ2v) is 10.1. The number of amides is 1. The summed E-state index contributed by atoms with van der Waals surface area (Å²) in [6.07, 6.45) is -0.717. The first-order chi connectivity index (χ1) is 13.4. The Labute approximate surface area is 179 Å². The van der Waals surface area contributed by atoms with E-state index in [-0.39, 0.29) is 0 Å². The first kappa shape index (κ1) is 25.5. The highest BCUT2D eigenvalue weighted by Crippen LogP contribution is 2.34. The number of carboxylic acids is 1. The summed E-state index contributed by atoms with van der Waals surface area (Å²) in [5.74, 6) is -1.60. The number of rotatable bonds is 5. The normalized spacial score (nSPS) is 13.4. The van der Waals surface area contributed by atoms with Crippen molar-refractivity contribution in [3.8, 4) is 0 Å². The molecule has 1 rings (SSSR count). The Kier molecular flexibility index (Phi) is 7.35. The molecule has 1 aromatic carbocycles. The lowest BCUT2D eigenvalue weighted by Crippen LogP contribution is -2.54. The second kappa shape index (κ2) is 8.66. The van der Waals surface area contributed by atoms with Gasteiger partial charge in [-0.25, -0.2) is 14.4 Å². The van der Waals surface area contributed by atoms with Crippen molar-refractivity contribution in [3.63, 3.8) is 0 Å². The second-order valence-electron chi connectivity index (χ2n) is 10.1. The van der Waals surface area contributed by atoms with Gasteiger partial charge in [-0.2, -0.15) is 0 Å². The molecule has 30 heavy (non-hydrogen) atoms. The molecule has 0 aromatic heterocycles. The van der Waals surface area contributed by atoms with Crippen molar-refractivity contribution in [2.24, 2.45) is 0 Å². The van der Waals surface area contributed by atoms with Crippen LogP contribution in [0.5, 0.6) is 0 Å². The van der Waals surface area contributed by atoms with Crippen molar-refractivity contribution >= 4 is 18.0 Å². The molecule has 168 valence electrons. The smallest absolute Gasteiger partial charge is 0.410 e.